The highest BCUT2D eigenvalue weighted by Crippen LogP contribution is 2.45. The molecule has 0 saturated heterocycles. The van der Waals surface area contributed by atoms with Crippen LogP contribution in [0.4, 0.5) is 42.8 Å². The summed E-state index contributed by atoms with van der Waals surface area (Å²) >= 11 is 0. The summed E-state index contributed by atoms with van der Waals surface area (Å²) in [6.07, 6.45) is -6.89. The monoisotopic (exact) mass is 581 g/mol. The van der Waals surface area contributed by atoms with Crippen molar-refractivity contribution in [3.05, 3.63) is 76.4 Å². The molecule has 1 aromatic carbocycles. The van der Waals surface area contributed by atoms with E-state index in [1.165, 1.54) is 17.3 Å². The van der Waals surface area contributed by atoms with Crippen LogP contribution in [0.2, 0.25) is 0 Å². The van der Waals surface area contributed by atoms with Gasteiger partial charge in [-0.25, -0.2) is 14.8 Å². The molecule has 13 heteroatoms. The lowest BCUT2D eigenvalue weighted by Crippen LogP contribution is -2.48. The smallest absolute Gasteiger partial charge is 0.416 e. The van der Waals surface area contributed by atoms with Gasteiger partial charge in [-0.2, -0.15) is 26.3 Å². The predicted octanol–water partition coefficient (Wildman–Crippen LogP) is 7.42. The number of pyridine rings is 1. The van der Waals surface area contributed by atoms with Crippen molar-refractivity contribution in [2.75, 3.05) is 16.4 Å². The second kappa shape index (κ2) is 11.5. The van der Waals surface area contributed by atoms with Crippen LogP contribution in [0.3, 0.4) is 0 Å². The summed E-state index contributed by atoms with van der Waals surface area (Å²) in [6.45, 7) is 6.84. The largest absolute Gasteiger partial charge is 0.449 e. The maximum atomic E-state index is 13.7. The minimum atomic E-state index is -4.99. The first kappa shape index (κ1) is 30.1. The molecule has 1 aliphatic heterocycles. The number of anilines is 2. The summed E-state index contributed by atoms with van der Waals surface area (Å²) in [7, 11) is 0. The van der Waals surface area contributed by atoms with Crippen LogP contribution in [0.25, 0.3) is 0 Å². The first-order chi connectivity index (χ1) is 19.2. The molecule has 0 spiro atoms. The van der Waals surface area contributed by atoms with Crippen LogP contribution >= 0.6 is 0 Å². The lowest BCUT2D eigenvalue weighted by Gasteiger charge is -2.44. The van der Waals surface area contributed by atoms with Crippen LogP contribution in [0, 0.1) is 13.8 Å². The van der Waals surface area contributed by atoms with E-state index < -0.39 is 41.7 Å². The van der Waals surface area contributed by atoms with E-state index in [0.29, 0.717) is 41.2 Å². The second-order valence-corrected chi connectivity index (χ2v) is 9.76. The number of fused-ring (bicyclic) bond motifs is 1. The number of aromatic nitrogens is 3. The average molecular weight is 582 g/mol. The van der Waals surface area contributed by atoms with E-state index in [4.69, 9.17) is 4.74 Å². The Hall–Kier alpha value is -3.90. The lowest BCUT2D eigenvalue weighted by molar-refractivity contribution is -0.143. The average Bonchev–Trinajstić information content (AvgIpc) is 2.90. The van der Waals surface area contributed by atoms with Crippen LogP contribution in [0.1, 0.15) is 66.4 Å². The van der Waals surface area contributed by atoms with E-state index in [1.54, 1.807) is 37.8 Å². The van der Waals surface area contributed by atoms with E-state index in [2.05, 4.69) is 15.0 Å². The van der Waals surface area contributed by atoms with Gasteiger partial charge in [0.05, 0.1) is 35.2 Å². The molecule has 0 radical (unpaired) electrons. The Morgan fingerprint density at radius 2 is 1.61 bits per heavy atom. The molecule has 1 amide bonds. The number of hydrogen-bond acceptors (Lipinski definition) is 6. The number of ether oxygens (including phenoxy) is 1. The van der Waals surface area contributed by atoms with Crippen molar-refractivity contribution in [2.45, 2.75) is 71.5 Å². The molecule has 3 aromatic rings. The zero-order valence-electron chi connectivity index (χ0n) is 22.8. The molecule has 3 heterocycles. The van der Waals surface area contributed by atoms with Gasteiger partial charge in [-0.3, -0.25) is 9.88 Å². The summed E-state index contributed by atoms with van der Waals surface area (Å²) in [5.74, 6) is 0.112. The number of halogens is 6. The van der Waals surface area contributed by atoms with E-state index in [-0.39, 0.29) is 37.2 Å². The Bertz CT molecular complexity index is 1360. The van der Waals surface area contributed by atoms with Crippen LogP contribution < -0.4 is 9.80 Å². The normalized spacial score (nSPS) is 17.3. The van der Waals surface area contributed by atoms with Crippen molar-refractivity contribution in [3.8, 4) is 0 Å². The van der Waals surface area contributed by atoms with Crippen molar-refractivity contribution in [3.63, 3.8) is 0 Å². The third-order valence-electron chi connectivity index (χ3n) is 6.91. The second-order valence-electron chi connectivity index (χ2n) is 9.76. The van der Waals surface area contributed by atoms with Crippen molar-refractivity contribution in [2.24, 2.45) is 0 Å². The molecule has 0 N–H and O–H groups in total. The standard InChI is InChI=1S/C28H29F6N5O2/c1-5-21-14-23(22-10-16(3)37-17(4)24(22)39(21)26(40)41-6-2)38(25-35-8-7-9-36-25)15-18-11-19(27(29,30)31)13-20(12-18)28(32,33)34/h7-13,21,23H,5-6,14-15H2,1-4H3. The fourth-order valence-electron chi connectivity index (χ4n) is 5.24. The third kappa shape index (κ3) is 6.38. The number of amides is 1. The van der Waals surface area contributed by atoms with Crippen LogP contribution in [-0.4, -0.2) is 33.7 Å². The molecule has 2 unspecified atom stereocenters. The summed E-state index contributed by atoms with van der Waals surface area (Å²) in [6, 6.07) is 3.80. The maximum absolute atomic E-state index is 13.7. The number of alkyl halides is 6. The molecule has 0 bridgehead atoms. The fraction of sp³-hybridized carbons (Fsp3) is 0.429. The van der Waals surface area contributed by atoms with E-state index in [0.717, 1.165) is 0 Å². The Morgan fingerprint density at radius 1 is 1.00 bits per heavy atom. The predicted molar refractivity (Wildman–Crippen MR) is 139 cm³/mol. The van der Waals surface area contributed by atoms with Crippen molar-refractivity contribution >= 4 is 17.7 Å². The zero-order chi connectivity index (χ0) is 30.1. The Balaban J connectivity index is 1.91. The number of hydrogen-bond donors (Lipinski definition) is 0. The van der Waals surface area contributed by atoms with Gasteiger partial charge in [0.2, 0.25) is 5.95 Å². The Kier molecular flexibility index (Phi) is 8.46. The first-order valence-electron chi connectivity index (χ1n) is 13.0. The molecule has 220 valence electrons. The molecule has 41 heavy (non-hydrogen) atoms. The zero-order valence-corrected chi connectivity index (χ0v) is 22.8. The van der Waals surface area contributed by atoms with Gasteiger partial charge in [0.15, 0.2) is 0 Å². The number of nitrogens with zero attached hydrogens (tertiary/aromatic N) is 5. The minimum Gasteiger partial charge on any atom is -0.449 e. The van der Waals surface area contributed by atoms with E-state index in [9.17, 15) is 31.1 Å². The number of carbonyl (C=O) groups is 1. The SMILES string of the molecule is CCOC(=O)N1c2c(cc(C)nc2C)C(N(Cc2cc(C(F)(F)F)cc(C(F)(F)F)c2)c2ncccn2)CC1CC. The fourth-order valence-corrected chi connectivity index (χ4v) is 5.24. The third-order valence-corrected chi connectivity index (χ3v) is 6.91. The molecule has 2 aromatic heterocycles. The lowest BCUT2D eigenvalue weighted by atomic mass is 9.88. The van der Waals surface area contributed by atoms with Gasteiger partial charge in [-0.15, -0.1) is 0 Å². The Labute approximate surface area is 233 Å². The van der Waals surface area contributed by atoms with Gasteiger partial charge >= 0.3 is 18.4 Å². The van der Waals surface area contributed by atoms with Gasteiger partial charge in [0, 0.05) is 36.2 Å². The number of carbonyl (C=O) groups excluding carboxylic acids is 1. The quantitative estimate of drug-likeness (QED) is 0.282. The molecule has 1 aliphatic rings. The number of rotatable bonds is 6. The van der Waals surface area contributed by atoms with Gasteiger partial charge in [0.25, 0.3) is 0 Å². The van der Waals surface area contributed by atoms with Gasteiger partial charge < -0.3 is 9.64 Å². The first-order valence-corrected chi connectivity index (χ1v) is 13.0. The number of aryl methyl sites for hydroxylation is 2. The topological polar surface area (TPSA) is 71.5 Å². The molecule has 0 aliphatic carbocycles. The van der Waals surface area contributed by atoms with E-state index >= 15 is 0 Å². The van der Waals surface area contributed by atoms with Crippen LogP contribution in [-0.2, 0) is 23.6 Å². The molecule has 7 nitrogen and oxygen atoms in total. The highest BCUT2D eigenvalue weighted by Gasteiger charge is 2.42. The summed E-state index contributed by atoms with van der Waals surface area (Å²) in [5, 5.41) is 0. The number of benzene rings is 1. The summed E-state index contributed by atoms with van der Waals surface area (Å²) in [4.78, 5) is 29.3. The highest BCUT2D eigenvalue weighted by molar-refractivity contribution is 5.91. The van der Waals surface area contributed by atoms with E-state index in [1.807, 2.05) is 6.92 Å². The molecular weight excluding hydrogens is 552 g/mol. The van der Waals surface area contributed by atoms with Crippen LogP contribution in [0.15, 0.2) is 42.7 Å². The van der Waals surface area contributed by atoms with Gasteiger partial charge in [0.1, 0.15) is 0 Å². The molecule has 2 atom stereocenters. The molecule has 4 rings (SSSR count). The summed E-state index contributed by atoms with van der Waals surface area (Å²) < 4.78 is 87.3. The van der Waals surface area contributed by atoms with Gasteiger partial charge in [-0.05, 0) is 69.5 Å². The van der Waals surface area contributed by atoms with Gasteiger partial charge in [-0.1, -0.05) is 6.92 Å². The van der Waals surface area contributed by atoms with Crippen molar-refractivity contribution in [1.82, 2.24) is 15.0 Å². The molecular formula is C28H29F6N5O2. The van der Waals surface area contributed by atoms with Crippen LogP contribution in [0.5, 0.6) is 0 Å². The Morgan fingerprint density at radius 3 is 2.15 bits per heavy atom. The highest BCUT2D eigenvalue weighted by atomic mass is 19.4. The maximum Gasteiger partial charge on any atom is 0.416 e. The minimum absolute atomic E-state index is 0.103. The van der Waals surface area contributed by atoms with Crippen molar-refractivity contribution < 1.29 is 35.9 Å². The molecule has 0 saturated carbocycles. The molecule has 0 fully saturated rings. The van der Waals surface area contributed by atoms with Crippen molar-refractivity contribution in [1.29, 1.82) is 0 Å². The summed E-state index contributed by atoms with van der Waals surface area (Å²) in [5.41, 5.74) is -0.779.